The standard InChI is InChI=1S/C12H16N2O3S/c1-7-5-9(12(15)14-10-3-4-10)6-11(8(7)2)18(13,16)17/h5-6,10H,3-4H2,1-2H3,(H,14,15)(H2,13,16,17). The van der Waals surface area contributed by atoms with E-state index in [9.17, 15) is 13.2 Å². The van der Waals surface area contributed by atoms with Gasteiger partial charge in [0.1, 0.15) is 0 Å². The second kappa shape index (κ2) is 4.37. The lowest BCUT2D eigenvalue weighted by molar-refractivity contribution is 0.0951. The third kappa shape index (κ3) is 2.70. The summed E-state index contributed by atoms with van der Waals surface area (Å²) in [6.07, 6.45) is 1.97. The molecule has 2 rings (SSSR count). The monoisotopic (exact) mass is 268 g/mol. The fourth-order valence-corrected chi connectivity index (χ4v) is 2.63. The summed E-state index contributed by atoms with van der Waals surface area (Å²) in [6, 6.07) is 3.26. The first kappa shape index (κ1) is 13.0. The summed E-state index contributed by atoms with van der Waals surface area (Å²) in [5.74, 6) is -0.245. The van der Waals surface area contributed by atoms with Gasteiger partial charge < -0.3 is 5.32 Å². The molecule has 0 atom stereocenters. The van der Waals surface area contributed by atoms with Crippen molar-refractivity contribution in [3.8, 4) is 0 Å². The van der Waals surface area contributed by atoms with Crippen LogP contribution in [0.2, 0.25) is 0 Å². The first-order chi connectivity index (χ1) is 8.29. The van der Waals surface area contributed by atoms with Crippen molar-refractivity contribution in [1.29, 1.82) is 0 Å². The molecule has 5 nitrogen and oxygen atoms in total. The third-order valence-electron chi connectivity index (χ3n) is 3.10. The molecule has 18 heavy (non-hydrogen) atoms. The highest BCUT2D eigenvalue weighted by atomic mass is 32.2. The van der Waals surface area contributed by atoms with E-state index in [2.05, 4.69) is 5.32 Å². The lowest BCUT2D eigenvalue weighted by Crippen LogP contribution is -2.26. The van der Waals surface area contributed by atoms with Crippen molar-refractivity contribution in [2.45, 2.75) is 37.6 Å². The maximum atomic E-state index is 11.9. The Morgan fingerprint density at radius 1 is 1.33 bits per heavy atom. The summed E-state index contributed by atoms with van der Waals surface area (Å²) in [5, 5.41) is 7.97. The molecule has 0 aliphatic heterocycles. The lowest BCUT2D eigenvalue weighted by atomic mass is 10.1. The van der Waals surface area contributed by atoms with Crippen LogP contribution in [0, 0.1) is 13.8 Å². The number of hydrogen-bond donors (Lipinski definition) is 2. The van der Waals surface area contributed by atoms with Crippen LogP contribution in [0.1, 0.15) is 34.3 Å². The Bertz CT molecular complexity index is 604. The smallest absolute Gasteiger partial charge is 0.251 e. The number of primary sulfonamides is 1. The first-order valence-electron chi connectivity index (χ1n) is 5.74. The fraction of sp³-hybridized carbons (Fsp3) is 0.417. The van der Waals surface area contributed by atoms with Crippen LogP contribution in [-0.2, 0) is 10.0 Å². The summed E-state index contributed by atoms with van der Waals surface area (Å²) >= 11 is 0. The van der Waals surface area contributed by atoms with Crippen molar-refractivity contribution in [3.63, 3.8) is 0 Å². The SMILES string of the molecule is Cc1cc(C(=O)NC2CC2)cc(S(N)(=O)=O)c1C. The molecule has 1 aromatic rings. The minimum Gasteiger partial charge on any atom is -0.349 e. The molecule has 0 aromatic heterocycles. The predicted molar refractivity (Wildman–Crippen MR) is 67.8 cm³/mol. The summed E-state index contributed by atoms with van der Waals surface area (Å²) in [6.45, 7) is 3.44. The third-order valence-corrected chi connectivity index (χ3v) is 4.14. The van der Waals surface area contributed by atoms with Gasteiger partial charge in [-0.25, -0.2) is 13.6 Å². The van der Waals surface area contributed by atoms with Crippen molar-refractivity contribution < 1.29 is 13.2 Å². The normalized spacial score (nSPS) is 15.5. The number of hydrogen-bond acceptors (Lipinski definition) is 3. The van der Waals surface area contributed by atoms with Gasteiger partial charge in [0.05, 0.1) is 4.90 Å². The van der Waals surface area contributed by atoms with Crippen LogP contribution in [0.25, 0.3) is 0 Å². The Hall–Kier alpha value is -1.40. The van der Waals surface area contributed by atoms with Crippen LogP contribution >= 0.6 is 0 Å². The molecule has 1 saturated carbocycles. The molecule has 3 N–H and O–H groups in total. The number of amides is 1. The van der Waals surface area contributed by atoms with Gasteiger partial charge in [0, 0.05) is 11.6 Å². The van der Waals surface area contributed by atoms with Gasteiger partial charge in [-0.2, -0.15) is 0 Å². The molecule has 6 heteroatoms. The molecule has 1 amide bonds. The minimum absolute atomic E-state index is 0.0171. The molecule has 0 saturated heterocycles. The molecule has 0 radical (unpaired) electrons. The first-order valence-corrected chi connectivity index (χ1v) is 7.28. The number of carbonyl (C=O) groups is 1. The van der Waals surface area contributed by atoms with Gasteiger partial charge in [-0.05, 0) is 49.9 Å². The number of rotatable bonds is 3. The van der Waals surface area contributed by atoms with E-state index < -0.39 is 10.0 Å². The number of sulfonamides is 1. The summed E-state index contributed by atoms with van der Waals surface area (Å²) in [7, 11) is -3.80. The molecule has 0 unspecified atom stereocenters. The molecule has 1 aliphatic carbocycles. The summed E-state index contributed by atoms with van der Waals surface area (Å²) < 4.78 is 22.9. The minimum atomic E-state index is -3.80. The molecule has 0 spiro atoms. The van der Waals surface area contributed by atoms with Crippen molar-refractivity contribution in [2.24, 2.45) is 5.14 Å². The van der Waals surface area contributed by atoms with Gasteiger partial charge in [0.15, 0.2) is 0 Å². The largest absolute Gasteiger partial charge is 0.349 e. The number of nitrogens with two attached hydrogens (primary N) is 1. The van der Waals surface area contributed by atoms with Gasteiger partial charge in [-0.1, -0.05) is 0 Å². The van der Waals surface area contributed by atoms with E-state index in [0.717, 1.165) is 18.4 Å². The Labute approximate surface area is 106 Å². The average molecular weight is 268 g/mol. The molecular formula is C12H16N2O3S. The zero-order valence-electron chi connectivity index (χ0n) is 10.4. The van der Waals surface area contributed by atoms with Gasteiger partial charge in [-0.3, -0.25) is 4.79 Å². The number of carbonyl (C=O) groups excluding carboxylic acids is 1. The Morgan fingerprint density at radius 3 is 2.44 bits per heavy atom. The van der Waals surface area contributed by atoms with Crippen molar-refractivity contribution in [3.05, 3.63) is 28.8 Å². The van der Waals surface area contributed by atoms with E-state index in [1.54, 1.807) is 19.9 Å². The lowest BCUT2D eigenvalue weighted by Gasteiger charge is -2.10. The Morgan fingerprint density at radius 2 is 1.94 bits per heavy atom. The van der Waals surface area contributed by atoms with Crippen LogP contribution in [0.15, 0.2) is 17.0 Å². The highest BCUT2D eigenvalue weighted by Crippen LogP contribution is 2.22. The Kier molecular flexibility index (Phi) is 3.16. The fourth-order valence-electron chi connectivity index (χ4n) is 1.75. The van der Waals surface area contributed by atoms with Crippen LogP contribution in [0.3, 0.4) is 0 Å². The quantitative estimate of drug-likeness (QED) is 0.851. The van der Waals surface area contributed by atoms with E-state index in [1.807, 2.05) is 0 Å². The van der Waals surface area contributed by atoms with Gasteiger partial charge >= 0.3 is 0 Å². The zero-order valence-corrected chi connectivity index (χ0v) is 11.2. The second-order valence-electron chi connectivity index (χ2n) is 4.71. The van der Waals surface area contributed by atoms with Gasteiger partial charge in [0.2, 0.25) is 10.0 Å². The highest BCUT2D eigenvalue weighted by Gasteiger charge is 2.25. The van der Waals surface area contributed by atoms with Crippen LogP contribution < -0.4 is 10.5 Å². The van der Waals surface area contributed by atoms with E-state index in [4.69, 9.17) is 5.14 Å². The van der Waals surface area contributed by atoms with Crippen molar-refractivity contribution >= 4 is 15.9 Å². The van der Waals surface area contributed by atoms with E-state index in [1.165, 1.54) is 6.07 Å². The van der Waals surface area contributed by atoms with Crippen molar-refractivity contribution in [1.82, 2.24) is 5.32 Å². The topological polar surface area (TPSA) is 89.3 Å². The van der Waals surface area contributed by atoms with E-state index in [-0.39, 0.29) is 16.8 Å². The molecule has 1 aliphatic rings. The molecule has 0 heterocycles. The van der Waals surface area contributed by atoms with Crippen LogP contribution in [0.4, 0.5) is 0 Å². The number of nitrogens with one attached hydrogen (secondary N) is 1. The van der Waals surface area contributed by atoms with E-state index in [0.29, 0.717) is 11.1 Å². The molecule has 98 valence electrons. The predicted octanol–water partition coefficient (Wildman–Crippen LogP) is 0.843. The van der Waals surface area contributed by atoms with Crippen molar-refractivity contribution in [2.75, 3.05) is 0 Å². The maximum Gasteiger partial charge on any atom is 0.251 e. The number of benzene rings is 1. The van der Waals surface area contributed by atoms with Gasteiger partial charge in [-0.15, -0.1) is 0 Å². The summed E-state index contributed by atoms with van der Waals surface area (Å²) in [5.41, 5.74) is 1.66. The highest BCUT2D eigenvalue weighted by molar-refractivity contribution is 7.89. The Balaban J connectivity index is 2.43. The zero-order chi connectivity index (χ0) is 13.5. The number of aryl methyl sites for hydroxylation is 1. The molecule has 0 bridgehead atoms. The van der Waals surface area contributed by atoms with E-state index >= 15 is 0 Å². The molecule has 1 fully saturated rings. The molecule has 1 aromatic carbocycles. The average Bonchev–Trinajstić information content (AvgIpc) is 3.03. The second-order valence-corrected chi connectivity index (χ2v) is 6.24. The molecular weight excluding hydrogens is 252 g/mol. The van der Waals surface area contributed by atoms with Gasteiger partial charge in [0.25, 0.3) is 5.91 Å². The van der Waals surface area contributed by atoms with Crippen LogP contribution in [0.5, 0.6) is 0 Å². The maximum absolute atomic E-state index is 11.9. The summed E-state index contributed by atoms with van der Waals surface area (Å²) in [4.78, 5) is 11.9. The van der Waals surface area contributed by atoms with Crippen LogP contribution in [-0.4, -0.2) is 20.4 Å².